The van der Waals surface area contributed by atoms with Gasteiger partial charge in [-0.15, -0.1) is 0 Å². The van der Waals surface area contributed by atoms with Gasteiger partial charge in [0.2, 0.25) is 0 Å². The smallest absolute Gasteiger partial charge is 0.340 e. The van der Waals surface area contributed by atoms with Crippen molar-refractivity contribution >= 4 is 5.97 Å². The van der Waals surface area contributed by atoms with E-state index in [1.54, 1.807) is 43.6 Å². The van der Waals surface area contributed by atoms with Crippen molar-refractivity contribution < 1.29 is 14.6 Å². The molecule has 17 heavy (non-hydrogen) atoms. The van der Waals surface area contributed by atoms with E-state index in [0.29, 0.717) is 12.2 Å². The van der Waals surface area contributed by atoms with Gasteiger partial charge in [-0.25, -0.2) is 4.79 Å². The molecule has 0 bridgehead atoms. The molecule has 0 aliphatic carbocycles. The van der Waals surface area contributed by atoms with Gasteiger partial charge in [0.15, 0.2) is 0 Å². The second kappa shape index (κ2) is 4.74. The summed E-state index contributed by atoms with van der Waals surface area (Å²) in [6.07, 6.45) is 3.35. The number of esters is 1. The lowest BCUT2D eigenvalue weighted by Crippen LogP contribution is -2.04. The number of carbonyl (C=O) groups excluding carboxylic acids is 1. The van der Waals surface area contributed by atoms with E-state index < -0.39 is 0 Å². The molecule has 0 radical (unpaired) electrons. The summed E-state index contributed by atoms with van der Waals surface area (Å²) in [6.45, 7) is 2.11. The van der Waals surface area contributed by atoms with Gasteiger partial charge < -0.3 is 14.8 Å². The number of hydrogen-bond acceptors (Lipinski definition) is 3. The molecule has 0 fully saturated rings. The standard InChI is InChI=1S/C13H13NO3/c1-2-17-13(16)12-8-14-7-11(12)9-3-5-10(15)6-4-9/h3-8,14-15H,2H2,1H3. The summed E-state index contributed by atoms with van der Waals surface area (Å²) in [7, 11) is 0. The zero-order valence-corrected chi connectivity index (χ0v) is 9.43. The summed E-state index contributed by atoms with van der Waals surface area (Å²) >= 11 is 0. The molecule has 0 saturated heterocycles. The molecular formula is C13H13NO3. The molecule has 0 aliphatic rings. The molecule has 0 unspecified atom stereocenters. The van der Waals surface area contributed by atoms with E-state index in [9.17, 15) is 9.90 Å². The highest BCUT2D eigenvalue weighted by atomic mass is 16.5. The Labute approximate surface area is 98.9 Å². The summed E-state index contributed by atoms with van der Waals surface area (Å²) < 4.78 is 4.96. The molecule has 2 rings (SSSR count). The van der Waals surface area contributed by atoms with Crippen LogP contribution in [0.25, 0.3) is 11.1 Å². The van der Waals surface area contributed by atoms with Gasteiger partial charge in [-0.1, -0.05) is 12.1 Å². The van der Waals surface area contributed by atoms with Gasteiger partial charge >= 0.3 is 5.97 Å². The first kappa shape index (κ1) is 11.3. The van der Waals surface area contributed by atoms with Crippen LogP contribution in [0.2, 0.25) is 0 Å². The van der Waals surface area contributed by atoms with Crippen LogP contribution in [-0.2, 0) is 4.74 Å². The van der Waals surface area contributed by atoms with Gasteiger partial charge in [-0.3, -0.25) is 0 Å². The van der Waals surface area contributed by atoms with E-state index >= 15 is 0 Å². The predicted octanol–water partition coefficient (Wildman–Crippen LogP) is 2.56. The Morgan fingerprint density at radius 1 is 1.29 bits per heavy atom. The molecule has 0 aliphatic heterocycles. The van der Waals surface area contributed by atoms with Crippen LogP contribution in [-0.4, -0.2) is 22.7 Å². The van der Waals surface area contributed by atoms with Crippen molar-refractivity contribution in [3.05, 3.63) is 42.2 Å². The number of carbonyl (C=O) groups is 1. The number of rotatable bonds is 3. The minimum absolute atomic E-state index is 0.196. The Balaban J connectivity index is 2.36. The summed E-state index contributed by atoms with van der Waals surface area (Å²) in [5.74, 6) is -0.154. The third-order valence-corrected chi connectivity index (χ3v) is 2.42. The highest BCUT2D eigenvalue weighted by Gasteiger charge is 2.14. The molecule has 1 heterocycles. The van der Waals surface area contributed by atoms with Crippen molar-refractivity contribution in [2.45, 2.75) is 6.92 Å². The molecule has 2 aromatic rings. The second-order valence-electron chi connectivity index (χ2n) is 3.55. The average molecular weight is 231 g/mol. The molecule has 0 saturated carbocycles. The zero-order chi connectivity index (χ0) is 12.3. The van der Waals surface area contributed by atoms with E-state index in [4.69, 9.17) is 4.74 Å². The van der Waals surface area contributed by atoms with Crippen molar-refractivity contribution in [3.8, 4) is 16.9 Å². The second-order valence-corrected chi connectivity index (χ2v) is 3.55. The van der Waals surface area contributed by atoms with E-state index in [1.165, 1.54) is 0 Å². The van der Waals surface area contributed by atoms with Crippen molar-refractivity contribution in [2.75, 3.05) is 6.61 Å². The Bertz CT molecular complexity index is 514. The van der Waals surface area contributed by atoms with E-state index in [1.807, 2.05) is 0 Å². The molecule has 4 nitrogen and oxygen atoms in total. The lowest BCUT2D eigenvalue weighted by Gasteiger charge is -2.04. The first-order chi connectivity index (χ1) is 8.22. The molecular weight excluding hydrogens is 218 g/mol. The fourth-order valence-corrected chi connectivity index (χ4v) is 1.62. The van der Waals surface area contributed by atoms with Crippen molar-refractivity contribution in [2.24, 2.45) is 0 Å². The lowest BCUT2D eigenvalue weighted by atomic mass is 10.0. The van der Waals surface area contributed by atoms with Crippen LogP contribution in [0.1, 0.15) is 17.3 Å². The normalized spacial score (nSPS) is 10.2. The molecule has 0 spiro atoms. The first-order valence-electron chi connectivity index (χ1n) is 5.35. The topological polar surface area (TPSA) is 62.3 Å². The van der Waals surface area contributed by atoms with Crippen LogP contribution >= 0.6 is 0 Å². The van der Waals surface area contributed by atoms with E-state index in [-0.39, 0.29) is 11.7 Å². The Hall–Kier alpha value is -2.23. The predicted molar refractivity (Wildman–Crippen MR) is 63.9 cm³/mol. The van der Waals surface area contributed by atoms with E-state index in [0.717, 1.165) is 11.1 Å². The van der Waals surface area contributed by atoms with Crippen LogP contribution < -0.4 is 0 Å². The molecule has 4 heteroatoms. The zero-order valence-electron chi connectivity index (χ0n) is 9.43. The minimum atomic E-state index is -0.350. The highest BCUT2D eigenvalue weighted by molar-refractivity contribution is 5.97. The molecule has 0 atom stereocenters. The molecule has 0 amide bonds. The fraction of sp³-hybridized carbons (Fsp3) is 0.154. The SMILES string of the molecule is CCOC(=O)c1c[nH]cc1-c1ccc(O)cc1. The molecule has 88 valence electrons. The Kier molecular flexibility index (Phi) is 3.14. The van der Waals surface area contributed by atoms with Crippen LogP contribution in [0.4, 0.5) is 0 Å². The monoisotopic (exact) mass is 231 g/mol. The van der Waals surface area contributed by atoms with Gasteiger partial charge in [0.1, 0.15) is 5.75 Å². The van der Waals surface area contributed by atoms with Crippen molar-refractivity contribution in [1.82, 2.24) is 4.98 Å². The van der Waals surface area contributed by atoms with Crippen LogP contribution in [0.3, 0.4) is 0 Å². The maximum Gasteiger partial charge on any atom is 0.340 e. The molecule has 1 aromatic carbocycles. The number of aromatic amines is 1. The van der Waals surface area contributed by atoms with E-state index in [2.05, 4.69) is 4.98 Å². The quantitative estimate of drug-likeness (QED) is 0.798. The number of nitrogens with one attached hydrogen (secondary N) is 1. The maximum absolute atomic E-state index is 11.7. The number of aromatic hydroxyl groups is 1. The number of phenolic OH excluding ortho intramolecular Hbond substituents is 1. The number of H-pyrrole nitrogens is 1. The molecule has 2 N–H and O–H groups in total. The van der Waals surface area contributed by atoms with Crippen LogP contribution in [0.5, 0.6) is 5.75 Å². The number of aromatic nitrogens is 1. The summed E-state index contributed by atoms with van der Waals surface area (Å²) in [5.41, 5.74) is 2.12. The van der Waals surface area contributed by atoms with Crippen LogP contribution in [0, 0.1) is 0 Å². The average Bonchev–Trinajstić information content (AvgIpc) is 2.79. The van der Waals surface area contributed by atoms with Gasteiger partial charge in [0, 0.05) is 18.0 Å². The number of phenols is 1. The summed E-state index contributed by atoms with van der Waals surface area (Å²) in [5, 5.41) is 9.22. The third-order valence-electron chi connectivity index (χ3n) is 2.42. The highest BCUT2D eigenvalue weighted by Crippen LogP contribution is 2.25. The van der Waals surface area contributed by atoms with Gasteiger partial charge in [0.25, 0.3) is 0 Å². The number of benzene rings is 1. The van der Waals surface area contributed by atoms with Crippen LogP contribution in [0.15, 0.2) is 36.7 Å². The fourth-order valence-electron chi connectivity index (χ4n) is 1.62. The third kappa shape index (κ3) is 2.30. The van der Waals surface area contributed by atoms with Gasteiger partial charge in [-0.2, -0.15) is 0 Å². The number of ether oxygens (including phenoxy) is 1. The van der Waals surface area contributed by atoms with Gasteiger partial charge in [-0.05, 0) is 24.6 Å². The first-order valence-corrected chi connectivity index (χ1v) is 5.35. The van der Waals surface area contributed by atoms with Crippen molar-refractivity contribution in [3.63, 3.8) is 0 Å². The molecule has 1 aromatic heterocycles. The van der Waals surface area contributed by atoms with Crippen molar-refractivity contribution in [1.29, 1.82) is 0 Å². The lowest BCUT2D eigenvalue weighted by molar-refractivity contribution is 0.0527. The maximum atomic E-state index is 11.7. The minimum Gasteiger partial charge on any atom is -0.508 e. The van der Waals surface area contributed by atoms with Gasteiger partial charge in [0.05, 0.1) is 12.2 Å². The Morgan fingerprint density at radius 2 is 2.00 bits per heavy atom. The number of hydrogen-bond donors (Lipinski definition) is 2. The Morgan fingerprint density at radius 3 is 2.65 bits per heavy atom. The summed E-state index contributed by atoms with van der Waals surface area (Å²) in [4.78, 5) is 14.6. The summed E-state index contributed by atoms with van der Waals surface area (Å²) in [6, 6.07) is 6.66. The largest absolute Gasteiger partial charge is 0.508 e.